The van der Waals surface area contributed by atoms with E-state index in [9.17, 15) is 0 Å². The molecule has 0 bridgehead atoms. The maximum Gasteiger partial charge on any atom is 0.0528 e. The summed E-state index contributed by atoms with van der Waals surface area (Å²) in [6.45, 7) is 0. The lowest BCUT2D eigenvalue weighted by molar-refractivity contribution is 1.20. The minimum Gasteiger partial charge on any atom is -0.399 e. The van der Waals surface area contributed by atoms with Crippen molar-refractivity contribution in [2.75, 3.05) is 5.73 Å². The van der Waals surface area contributed by atoms with E-state index in [0.717, 1.165) is 5.69 Å². The molecule has 2 nitrogen and oxygen atoms in total. The molecular formula is C20H16N2. The number of nitrogens with two attached hydrogens (primary N) is 1. The van der Waals surface area contributed by atoms with Crippen molar-refractivity contribution in [2.45, 2.75) is 0 Å². The highest BCUT2D eigenvalue weighted by atomic mass is 14.9. The quantitative estimate of drug-likeness (QED) is 0.524. The molecule has 106 valence electrons. The lowest BCUT2D eigenvalue weighted by atomic mass is 10.00. The average molecular weight is 284 g/mol. The van der Waals surface area contributed by atoms with Crippen LogP contribution in [0.3, 0.4) is 0 Å². The molecule has 4 rings (SSSR count). The molecule has 0 aliphatic carbocycles. The van der Waals surface area contributed by atoms with Crippen LogP contribution in [0.4, 0.5) is 5.69 Å². The number of benzene rings is 2. The van der Waals surface area contributed by atoms with E-state index in [1.807, 2.05) is 18.2 Å². The van der Waals surface area contributed by atoms with Crippen LogP contribution in [0.25, 0.3) is 27.8 Å². The van der Waals surface area contributed by atoms with Crippen LogP contribution in [0, 0.1) is 0 Å². The van der Waals surface area contributed by atoms with E-state index >= 15 is 0 Å². The van der Waals surface area contributed by atoms with Gasteiger partial charge < -0.3 is 10.1 Å². The van der Waals surface area contributed by atoms with Crippen LogP contribution in [-0.4, -0.2) is 4.40 Å². The van der Waals surface area contributed by atoms with E-state index in [1.54, 1.807) is 0 Å². The van der Waals surface area contributed by atoms with Crippen molar-refractivity contribution < 1.29 is 0 Å². The molecule has 2 aromatic heterocycles. The second kappa shape index (κ2) is 5.08. The molecule has 2 N–H and O–H groups in total. The van der Waals surface area contributed by atoms with Gasteiger partial charge in [-0.2, -0.15) is 0 Å². The van der Waals surface area contributed by atoms with Crippen molar-refractivity contribution in [2.24, 2.45) is 0 Å². The van der Waals surface area contributed by atoms with Crippen LogP contribution < -0.4 is 5.73 Å². The van der Waals surface area contributed by atoms with Gasteiger partial charge in [-0.3, -0.25) is 0 Å². The van der Waals surface area contributed by atoms with E-state index < -0.39 is 0 Å². The third kappa shape index (κ3) is 2.15. The molecule has 0 fully saturated rings. The molecule has 2 heteroatoms. The number of pyridine rings is 1. The maximum absolute atomic E-state index is 5.81. The number of fused-ring (bicyclic) bond motifs is 1. The molecule has 0 amide bonds. The third-order valence-electron chi connectivity index (χ3n) is 3.96. The predicted molar refractivity (Wildman–Crippen MR) is 92.7 cm³/mol. The van der Waals surface area contributed by atoms with Crippen LogP contribution in [0.1, 0.15) is 0 Å². The summed E-state index contributed by atoms with van der Waals surface area (Å²) in [4.78, 5) is 0. The Labute approximate surface area is 129 Å². The van der Waals surface area contributed by atoms with Gasteiger partial charge >= 0.3 is 0 Å². The van der Waals surface area contributed by atoms with Gasteiger partial charge in [0.1, 0.15) is 0 Å². The second-order valence-electron chi connectivity index (χ2n) is 5.43. The molecule has 22 heavy (non-hydrogen) atoms. The summed E-state index contributed by atoms with van der Waals surface area (Å²) in [5.41, 5.74) is 12.6. The van der Waals surface area contributed by atoms with Crippen molar-refractivity contribution in [3.05, 3.63) is 85.2 Å². The number of hydrogen-bond acceptors (Lipinski definition) is 1. The van der Waals surface area contributed by atoms with Crippen molar-refractivity contribution in [1.29, 1.82) is 0 Å². The first-order valence-corrected chi connectivity index (χ1v) is 7.33. The lowest BCUT2D eigenvalue weighted by Gasteiger charge is -2.10. The predicted octanol–water partition coefficient (Wildman–Crippen LogP) is 4.86. The number of nitrogens with zero attached hydrogens (tertiary/aromatic N) is 1. The van der Waals surface area contributed by atoms with Gasteiger partial charge in [0.15, 0.2) is 0 Å². The molecule has 0 aliphatic heterocycles. The Kier molecular flexibility index (Phi) is 2.94. The molecule has 0 unspecified atom stereocenters. The number of anilines is 1. The van der Waals surface area contributed by atoms with Crippen LogP contribution in [0.2, 0.25) is 0 Å². The fraction of sp³-hybridized carbons (Fsp3) is 0. The van der Waals surface area contributed by atoms with E-state index in [1.165, 1.54) is 27.8 Å². The lowest BCUT2D eigenvalue weighted by Crippen LogP contribution is -1.90. The molecular weight excluding hydrogens is 268 g/mol. The standard InChI is InChI=1S/C20H16N2/c21-18-10-8-16(9-11-18)19-13-17(15-5-2-1-3-6-15)14-22-12-4-7-20(19)22/h1-14H,21H2. The Morgan fingerprint density at radius 3 is 2.23 bits per heavy atom. The summed E-state index contributed by atoms with van der Waals surface area (Å²) in [6.07, 6.45) is 4.26. The fourth-order valence-electron chi connectivity index (χ4n) is 2.83. The molecule has 0 saturated heterocycles. The van der Waals surface area contributed by atoms with Crippen LogP contribution in [0.15, 0.2) is 85.2 Å². The SMILES string of the molecule is Nc1ccc(-c2cc(-c3ccccc3)cn3cccc23)cc1. The van der Waals surface area contributed by atoms with Gasteiger partial charge in [0.25, 0.3) is 0 Å². The second-order valence-corrected chi connectivity index (χ2v) is 5.43. The Balaban J connectivity index is 1.97. The number of nitrogen functional groups attached to an aromatic ring is 1. The Bertz CT molecular complexity index is 919. The maximum atomic E-state index is 5.81. The molecule has 0 radical (unpaired) electrons. The monoisotopic (exact) mass is 284 g/mol. The van der Waals surface area contributed by atoms with Gasteiger partial charge in [0.2, 0.25) is 0 Å². The normalized spacial score (nSPS) is 10.9. The topological polar surface area (TPSA) is 30.4 Å². The Hall–Kier alpha value is -3.00. The smallest absolute Gasteiger partial charge is 0.0528 e. The van der Waals surface area contributed by atoms with E-state index in [0.29, 0.717) is 0 Å². The molecule has 0 atom stereocenters. The summed E-state index contributed by atoms with van der Waals surface area (Å²) in [5, 5.41) is 0. The largest absolute Gasteiger partial charge is 0.399 e. The zero-order valence-corrected chi connectivity index (χ0v) is 12.1. The van der Waals surface area contributed by atoms with Crippen LogP contribution in [0.5, 0.6) is 0 Å². The first kappa shape index (κ1) is 12.7. The van der Waals surface area contributed by atoms with Crippen LogP contribution >= 0.6 is 0 Å². The number of rotatable bonds is 2. The minimum absolute atomic E-state index is 0.786. The van der Waals surface area contributed by atoms with E-state index in [-0.39, 0.29) is 0 Å². The first-order chi connectivity index (χ1) is 10.8. The van der Waals surface area contributed by atoms with Gasteiger partial charge in [0, 0.05) is 23.6 Å². The van der Waals surface area contributed by atoms with Crippen LogP contribution in [-0.2, 0) is 0 Å². The zero-order valence-electron chi connectivity index (χ0n) is 12.1. The van der Waals surface area contributed by atoms with Crippen molar-refractivity contribution in [3.63, 3.8) is 0 Å². The molecule has 0 saturated carbocycles. The zero-order chi connectivity index (χ0) is 14.9. The molecule has 2 heterocycles. The Morgan fingerprint density at radius 1 is 0.682 bits per heavy atom. The first-order valence-electron chi connectivity index (χ1n) is 7.33. The summed E-state index contributed by atoms with van der Waals surface area (Å²) in [6, 6.07) is 25.0. The molecule has 2 aromatic carbocycles. The van der Waals surface area contributed by atoms with Gasteiger partial charge in [-0.25, -0.2) is 0 Å². The highest BCUT2D eigenvalue weighted by Crippen LogP contribution is 2.31. The van der Waals surface area contributed by atoms with E-state index in [4.69, 9.17) is 5.73 Å². The molecule has 4 aromatic rings. The highest BCUT2D eigenvalue weighted by Gasteiger charge is 2.08. The fourth-order valence-corrected chi connectivity index (χ4v) is 2.83. The molecule has 0 aliphatic rings. The minimum atomic E-state index is 0.786. The van der Waals surface area contributed by atoms with Crippen molar-refractivity contribution in [1.82, 2.24) is 4.40 Å². The summed E-state index contributed by atoms with van der Waals surface area (Å²) in [5.74, 6) is 0. The van der Waals surface area contributed by atoms with Gasteiger partial charge in [-0.15, -0.1) is 0 Å². The van der Waals surface area contributed by atoms with Gasteiger partial charge in [0.05, 0.1) is 5.52 Å². The van der Waals surface area contributed by atoms with E-state index in [2.05, 4.69) is 71.4 Å². The number of hydrogen-bond donors (Lipinski definition) is 1. The van der Waals surface area contributed by atoms with Gasteiger partial charge in [-0.05, 0) is 47.0 Å². The van der Waals surface area contributed by atoms with Gasteiger partial charge in [-0.1, -0.05) is 42.5 Å². The van der Waals surface area contributed by atoms with Crippen molar-refractivity contribution >= 4 is 11.2 Å². The summed E-state index contributed by atoms with van der Waals surface area (Å²) in [7, 11) is 0. The summed E-state index contributed by atoms with van der Waals surface area (Å²) < 4.78 is 2.17. The third-order valence-corrected chi connectivity index (χ3v) is 3.96. The van der Waals surface area contributed by atoms with Crippen molar-refractivity contribution in [3.8, 4) is 22.3 Å². The number of aromatic nitrogens is 1. The Morgan fingerprint density at radius 2 is 1.45 bits per heavy atom. The average Bonchev–Trinajstić information content (AvgIpc) is 3.04. The molecule has 0 spiro atoms. The summed E-state index contributed by atoms with van der Waals surface area (Å²) >= 11 is 0. The highest BCUT2D eigenvalue weighted by molar-refractivity contribution is 5.85.